The van der Waals surface area contributed by atoms with Crippen LogP contribution in [-0.4, -0.2) is 70.1 Å². The van der Waals surface area contributed by atoms with Crippen molar-refractivity contribution in [1.29, 1.82) is 0 Å². The van der Waals surface area contributed by atoms with Gasteiger partial charge in [-0.05, 0) is 42.3 Å². The highest BCUT2D eigenvalue weighted by molar-refractivity contribution is 7.85. The molecule has 10 nitrogen and oxygen atoms in total. The Kier molecular flexibility index (Phi) is 5.91. The molecule has 0 aliphatic carbocycles. The summed E-state index contributed by atoms with van der Waals surface area (Å²) in [5.41, 5.74) is 7.36. The number of aryl methyl sites for hydroxylation is 1. The molecule has 0 bridgehead atoms. The molecule has 1 amide bonds. The van der Waals surface area contributed by atoms with Crippen molar-refractivity contribution in [1.82, 2.24) is 9.88 Å². The lowest BCUT2D eigenvalue weighted by Gasteiger charge is -2.35. The summed E-state index contributed by atoms with van der Waals surface area (Å²) in [7, 11) is -4.35. The van der Waals surface area contributed by atoms with E-state index in [-0.39, 0.29) is 29.4 Å². The molecule has 214 valence electrons. The van der Waals surface area contributed by atoms with Gasteiger partial charge >= 0.3 is 5.97 Å². The number of ether oxygens (including phenoxy) is 1. The van der Waals surface area contributed by atoms with Gasteiger partial charge in [-0.2, -0.15) is 13.0 Å². The van der Waals surface area contributed by atoms with Gasteiger partial charge in [-0.25, -0.2) is 0 Å². The van der Waals surface area contributed by atoms with Crippen molar-refractivity contribution in [2.75, 3.05) is 13.1 Å². The average Bonchev–Trinajstić information content (AvgIpc) is 3.41. The van der Waals surface area contributed by atoms with E-state index >= 15 is 0 Å². The van der Waals surface area contributed by atoms with E-state index in [9.17, 15) is 22.6 Å². The van der Waals surface area contributed by atoms with E-state index < -0.39 is 22.6 Å². The molecule has 0 radical (unpaired) electrons. The zero-order valence-electron chi connectivity index (χ0n) is 22.6. The number of hydrogen-bond acceptors (Lipinski definition) is 5. The number of carboxylic acids is 1. The van der Waals surface area contributed by atoms with Crippen LogP contribution < -0.4 is 15.9 Å². The van der Waals surface area contributed by atoms with E-state index in [1.165, 1.54) is 12.1 Å². The van der Waals surface area contributed by atoms with Crippen LogP contribution in [0.3, 0.4) is 0 Å². The molecule has 5 heterocycles. The smallest absolute Gasteiger partial charge is 0.322 e. The van der Waals surface area contributed by atoms with E-state index in [0.717, 1.165) is 69.5 Å². The molecule has 4 aliphatic heterocycles. The van der Waals surface area contributed by atoms with Crippen LogP contribution in [0, 0.1) is 0 Å². The maximum atomic E-state index is 12.2. The molecule has 4 aliphatic rings. The van der Waals surface area contributed by atoms with Crippen LogP contribution in [0.1, 0.15) is 24.0 Å². The Morgan fingerprint density at radius 1 is 1.12 bits per heavy atom. The van der Waals surface area contributed by atoms with Gasteiger partial charge in [-0.3, -0.25) is 14.1 Å². The van der Waals surface area contributed by atoms with E-state index in [1.807, 2.05) is 18.2 Å². The highest BCUT2D eigenvalue weighted by Crippen LogP contribution is 2.43. The fourth-order valence-corrected chi connectivity index (χ4v) is 7.28. The van der Waals surface area contributed by atoms with Gasteiger partial charge in [0.25, 0.3) is 10.1 Å². The molecule has 3 aromatic rings. The van der Waals surface area contributed by atoms with Crippen molar-refractivity contribution in [3.8, 4) is 0 Å². The molecule has 1 aromatic heterocycles. The van der Waals surface area contributed by atoms with Crippen LogP contribution in [0.2, 0.25) is 0 Å². The van der Waals surface area contributed by atoms with Crippen LogP contribution in [0.15, 0.2) is 59.5 Å². The summed E-state index contributed by atoms with van der Waals surface area (Å²) < 4.78 is 44.3. The number of aromatic nitrogens is 1. The number of carboxylic acid groups (broad SMARTS) is 1. The second-order valence-electron chi connectivity index (χ2n) is 11.1. The normalized spacial score (nSPS) is 20.8. The number of hydrogen-bond donors (Lipinski definition) is 3. The second-order valence-corrected chi connectivity index (χ2v) is 12.5. The minimum Gasteiger partial charge on any atom is -0.480 e. The van der Waals surface area contributed by atoms with Gasteiger partial charge < -0.3 is 19.7 Å². The van der Waals surface area contributed by atoms with Crippen molar-refractivity contribution in [3.05, 3.63) is 76.3 Å². The first-order chi connectivity index (χ1) is 20.0. The quantitative estimate of drug-likeness (QED) is 0.304. The van der Waals surface area contributed by atoms with E-state index in [1.54, 1.807) is 6.07 Å². The van der Waals surface area contributed by atoms with E-state index in [2.05, 4.69) is 33.7 Å². The van der Waals surface area contributed by atoms with Gasteiger partial charge in [-0.1, -0.05) is 19.2 Å². The number of amides is 1. The zero-order chi connectivity index (χ0) is 29.5. The summed E-state index contributed by atoms with van der Waals surface area (Å²) in [6.07, 6.45) is 3.57. The van der Waals surface area contributed by atoms with Gasteiger partial charge in [-0.15, -0.1) is 0 Å². The minimum absolute atomic E-state index is 0.0628. The standard InChI is InChI=1S/C31H27N3O7S/c1-16-20-11-18(12-28(35)32-15-29(36)37)3-5-24(20)33-9-7-26-22(30(16)33)14-23-27(41-26)8-10-34-25-6-4-19(42(38,39)40)13-21(25)17(2)31(23)34/h3-6,11,13-14,26-27H,1-2,7-10,12,15H2,(H2-,32,35,36,37,38,39,40)/p+1. The molecule has 0 fully saturated rings. The Labute approximate surface area is 241 Å². The zero-order valence-corrected chi connectivity index (χ0v) is 23.4. The van der Waals surface area contributed by atoms with E-state index in [4.69, 9.17) is 9.84 Å². The summed E-state index contributed by atoms with van der Waals surface area (Å²) in [6, 6.07) is 10.4. The Balaban J connectivity index is 1.31. The Bertz CT molecular complexity index is 2070. The fourth-order valence-electron chi connectivity index (χ4n) is 6.77. The summed E-state index contributed by atoms with van der Waals surface area (Å²) in [4.78, 5) is 22.9. The van der Waals surface area contributed by atoms with Gasteiger partial charge in [0.15, 0.2) is 6.54 Å². The number of carbonyl (C=O) groups is 2. The number of nitrogens with one attached hydrogen (secondary N) is 1. The molecule has 2 unspecified atom stereocenters. The highest BCUT2D eigenvalue weighted by atomic mass is 32.2. The lowest BCUT2D eigenvalue weighted by Crippen LogP contribution is -2.46. The van der Waals surface area contributed by atoms with Crippen molar-refractivity contribution in [2.24, 2.45) is 0 Å². The van der Waals surface area contributed by atoms with Crippen LogP contribution in [0.25, 0.3) is 28.6 Å². The number of aliphatic carboxylic acids is 1. The molecule has 2 aromatic carbocycles. The van der Waals surface area contributed by atoms with Crippen LogP contribution in [0.4, 0.5) is 5.69 Å². The Morgan fingerprint density at radius 2 is 1.93 bits per heavy atom. The van der Waals surface area contributed by atoms with Crippen LogP contribution >= 0.6 is 0 Å². The van der Waals surface area contributed by atoms with Crippen LogP contribution in [-0.2, 0) is 37.4 Å². The molecular weight excluding hydrogens is 558 g/mol. The first-order valence-electron chi connectivity index (χ1n) is 13.7. The average molecular weight is 587 g/mol. The summed E-state index contributed by atoms with van der Waals surface area (Å²) in [5.74, 6) is -1.46. The third-order valence-corrected chi connectivity index (χ3v) is 9.43. The maximum Gasteiger partial charge on any atom is 0.322 e. The predicted molar refractivity (Wildman–Crippen MR) is 156 cm³/mol. The summed E-state index contributed by atoms with van der Waals surface area (Å²) in [6.45, 7) is 9.75. The van der Waals surface area contributed by atoms with Crippen molar-refractivity contribution < 1.29 is 37.0 Å². The number of benzene rings is 2. The highest BCUT2D eigenvalue weighted by Gasteiger charge is 2.45. The van der Waals surface area contributed by atoms with Gasteiger partial charge in [0, 0.05) is 40.7 Å². The van der Waals surface area contributed by atoms with Gasteiger partial charge in [0.1, 0.15) is 6.54 Å². The summed E-state index contributed by atoms with van der Waals surface area (Å²) in [5, 5.41) is 13.5. The number of allylic oxidation sites excluding steroid dienone is 1. The monoisotopic (exact) mass is 586 g/mol. The number of carbonyl (C=O) groups excluding carboxylic acids is 1. The number of fused-ring (bicyclic) bond motifs is 8. The molecular formula is C31H28N3O7S+. The first kappa shape index (κ1) is 26.6. The third-order valence-electron chi connectivity index (χ3n) is 8.58. The third kappa shape index (κ3) is 4.07. The molecule has 3 N–H and O–H groups in total. The largest absolute Gasteiger partial charge is 0.480 e. The first-order valence-corrected chi connectivity index (χ1v) is 15.1. The Morgan fingerprint density at radius 3 is 2.69 bits per heavy atom. The molecule has 11 heteroatoms. The van der Waals surface area contributed by atoms with Crippen molar-refractivity contribution in [3.63, 3.8) is 0 Å². The SMILES string of the molecule is C=C1C2=[N+](CCC3OC4CCn5c(c(=C)c6cc(S(=O)(=O)O)ccc65)=C4C=C23)c2ccc(CC(=O)NCC(=O)O)cc21. The lowest BCUT2D eigenvalue weighted by atomic mass is 9.86. The van der Waals surface area contributed by atoms with Gasteiger partial charge in [0.2, 0.25) is 17.3 Å². The fraction of sp³-hybridized carbons (Fsp3) is 0.258. The number of nitrogens with zero attached hydrogens (tertiary/aromatic N) is 2. The molecule has 7 rings (SSSR count). The lowest BCUT2D eigenvalue weighted by molar-refractivity contribution is -0.443. The molecule has 0 saturated carbocycles. The minimum atomic E-state index is -4.35. The van der Waals surface area contributed by atoms with Crippen molar-refractivity contribution in [2.45, 2.75) is 42.9 Å². The molecule has 0 saturated heterocycles. The Hall–Kier alpha value is -4.32. The van der Waals surface area contributed by atoms with Crippen LogP contribution in [0.5, 0.6) is 0 Å². The molecule has 0 spiro atoms. The number of rotatable bonds is 5. The second kappa shape index (κ2) is 9.35. The van der Waals surface area contributed by atoms with Gasteiger partial charge in [0.05, 0.1) is 45.6 Å². The van der Waals surface area contributed by atoms with E-state index in [0.29, 0.717) is 17.1 Å². The van der Waals surface area contributed by atoms with Crippen molar-refractivity contribution >= 4 is 62.0 Å². The predicted octanol–water partition coefficient (Wildman–Crippen LogP) is 1.51. The maximum absolute atomic E-state index is 12.2. The summed E-state index contributed by atoms with van der Waals surface area (Å²) >= 11 is 0. The topological polar surface area (TPSA) is 138 Å². The molecule has 42 heavy (non-hydrogen) atoms. The molecule has 2 atom stereocenters.